The van der Waals surface area contributed by atoms with E-state index in [1.54, 1.807) is 6.92 Å². The lowest BCUT2D eigenvalue weighted by Crippen LogP contribution is -2.42. The fraction of sp³-hybridized carbons (Fsp3) is 0.611. The zero-order valence-electron chi connectivity index (χ0n) is 14.1. The molecule has 1 spiro atoms. The minimum Gasteiger partial charge on any atom is -0.481 e. The van der Waals surface area contributed by atoms with Gasteiger partial charge < -0.3 is 14.9 Å². The van der Waals surface area contributed by atoms with Gasteiger partial charge in [-0.1, -0.05) is 6.92 Å². The highest BCUT2D eigenvalue weighted by Crippen LogP contribution is 2.41. The van der Waals surface area contributed by atoms with Crippen LogP contribution in [0.15, 0.2) is 24.5 Å². The molecule has 1 unspecified atom stereocenters. The molecule has 6 nitrogen and oxygen atoms in total. The van der Waals surface area contributed by atoms with Crippen LogP contribution in [0.2, 0.25) is 0 Å². The van der Waals surface area contributed by atoms with Crippen LogP contribution in [0.3, 0.4) is 0 Å². The number of carbonyl (C=O) groups is 2. The van der Waals surface area contributed by atoms with Crippen LogP contribution in [0.5, 0.6) is 0 Å². The first-order chi connectivity index (χ1) is 11.5. The van der Waals surface area contributed by atoms with Crippen molar-refractivity contribution in [1.82, 2.24) is 9.88 Å². The molecular weight excluding hydrogens is 306 g/mol. The third-order valence-corrected chi connectivity index (χ3v) is 5.55. The Morgan fingerprint density at radius 1 is 1.21 bits per heavy atom. The average Bonchev–Trinajstić information content (AvgIpc) is 3.00. The molecule has 24 heavy (non-hydrogen) atoms. The highest BCUT2D eigenvalue weighted by atomic mass is 16.4. The van der Waals surface area contributed by atoms with Crippen molar-refractivity contribution in [2.45, 2.75) is 32.6 Å². The predicted molar refractivity (Wildman–Crippen MR) is 90.7 cm³/mol. The molecule has 0 aromatic carbocycles. The number of nitrogens with zero attached hydrogens (tertiary/aromatic N) is 3. The number of piperidine rings is 1. The summed E-state index contributed by atoms with van der Waals surface area (Å²) in [5.74, 6) is -1.52. The maximum Gasteiger partial charge on any atom is 0.306 e. The van der Waals surface area contributed by atoms with Crippen molar-refractivity contribution in [2.24, 2.45) is 11.3 Å². The molecule has 2 fully saturated rings. The van der Waals surface area contributed by atoms with E-state index >= 15 is 0 Å². The first-order valence-corrected chi connectivity index (χ1v) is 8.65. The molecule has 1 aromatic rings. The number of amides is 1. The summed E-state index contributed by atoms with van der Waals surface area (Å²) in [4.78, 5) is 31.6. The van der Waals surface area contributed by atoms with Gasteiger partial charge in [0.25, 0.3) is 0 Å². The van der Waals surface area contributed by atoms with E-state index in [2.05, 4.69) is 9.88 Å². The Balaban J connectivity index is 1.54. The summed E-state index contributed by atoms with van der Waals surface area (Å²) >= 11 is 0. The van der Waals surface area contributed by atoms with Crippen LogP contribution in [-0.2, 0) is 9.59 Å². The van der Waals surface area contributed by atoms with Gasteiger partial charge in [-0.05, 0) is 36.8 Å². The molecule has 130 valence electrons. The number of anilines is 1. The first-order valence-electron chi connectivity index (χ1n) is 8.65. The molecule has 3 heterocycles. The van der Waals surface area contributed by atoms with Crippen molar-refractivity contribution in [1.29, 1.82) is 0 Å². The molecule has 0 saturated carbocycles. The molecule has 1 aromatic heterocycles. The number of likely N-dealkylation sites (tertiary alicyclic amines) is 1. The van der Waals surface area contributed by atoms with Gasteiger partial charge in [-0.25, -0.2) is 0 Å². The third-order valence-electron chi connectivity index (χ3n) is 5.55. The molecule has 1 atom stereocenters. The highest BCUT2D eigenvalue weighted by Gasteiger charge is 2.42. The Bertz CT molecular complexity index is 597. The molecule has 0 bridgehead atoms. The lowest BCUT2D eigenvalue weighted by atomic mass is 9.77. The van der Waals surface area contributed by atoms with Crippen LogP contribution in [0.25, 0.3) is 0 Å². The topological polar surface area (TPSA) is 73.7 Å². The molecule has 2 aliphatic rings. The van der Waals surface area contributed by atoms with Crippen LogP contribution in [0, 0.1) is 11.3 Å². The number of carboxylic acids is 1. The van der Waals surface area contributed by atoms with E-state index in [1.165, 1.54) is 5.69 Å². The van der Waals surface area contributed by atoms with Gasteiger partial charge in [0.2, 0.25) is 5.91 Å². The second kappa shape index (κ2) is 6.79. The molecule has 1 N–H and O–H groups in total. The molecule has 2 aliphatic heterocycles. The van der Waals surface area contributed by atoms with Gasteiger partial charge in [-0.3, -0.25) is 14.6 Å². The fourth-order valence-electron chi connectivity index (χ4n) is 3.83. The fourth-order valence-corrected chi connectivity index (χ4v) is 3.83. The Morgan fingerprint density at radius 2 is 1.83 bits per heavy atom. The average molecular weight is 331 g/mol. The van der Waals surface area contributed by atoms with E-state index in [9.17, 15) is 9.59 Å². The molecule has 0 radical (unpaired) electrons. The second-order valence-electron chi connectivity index (χ2n) is 7.20. The Labute approximate surface area is 142 Å². The van der Waals surface area contributed by atoms with E-state index < -0.39 is 11.9 Å². The number of carbonyl (C=O) groups excluding carboxylic acids is 1. The summed E-state index contributed by atoms with van der Waals surface area (Å²) in [5, 5.41) is 8.97. The van der Waals surface area contributed by atoms with Crippen molar-refractivity contribution >= 4 is 17.6 Å². The van der Waals surface area contributed by atoms with Crippen molar-refractivity contribution in [2.75, 3.05) is 31.1 Å². The number of aromatic nitrogens is 1. The van der Waals surface area contributed by atoms with Crippen LogP contribution < -0.4 is 4.90 Å². The molecule has 1 amide bonds. The molecule has 0 aliphatic carbocycles. The summed E-state index contributed by atoms with van der Waals surface area (Å²) in [5.41, 5.74) is 1.42. The summed E-state index contributed by atoms with van der Waals surface area (Å²) in [7, 11) is 0. The van der Waals surface area contributed by atoms with Crippen LogP contribution in [-0.4, -0.2) is 53.0 Å². The monoisotopic (exact) mass is 331 g/mol. The van der Waals surface area contributed by atoms with Gasteiger partial charge >= 0.3 is 5.97 Å². The zero-order chi connectivity index (χ0) is 17.2. The van der Waals surface area contributed by atoms with Gasteiger partial charge in [0.1, 0.15) is 0 Å². The van der Waals surface area contributed by atoms with E-state index in [0.29, 0.717) is 0 Å². The van der Waals surface area contributed by atoms with Crippen LogP contribution >= 0.6 is 0 Å². The summed E-state index contributed by atoms with van der Waals surface area (Å²) < 4.78 is 0. The standard InChI is InChI=1S/C18H25N3O3/c1-14(17(23)24)12-16(22)21-11-6-18(13-21)4-9-20(10-5-18)15-2-7-19-8-3-15/h2-3,7-8,14H,4-6,9-13H2,1H3,(H,23,24). The summed E-state index contributed by atoms with van der Waals surface area (Å²) in [6.45, 7) is 5.14. The third kappa shape index (κ3) is 3.52. The van der Waals surface area contributed by atoms with Gasteiger partial charge in [0.15, 0.2) is 0 Å². The lowest BCUT2D eigenvalue weighted by molar-refractivity contribution is -0.145. The molecule has 2 saturated heterocycles. The van der Waals surface area contributed by atoms with E-state index in [4.69, 9.17) is 5.11 Å². The number of rotatable bonds is 4. The van der Waals surface area contributed by atoms with Crippen molar-refractivity contribution < 1.29 is 14.7 Å². The van der Waals surface area contributed by atoms with E-state index in [1.807, 2.05) is 29.4 Å². The number of carboxylic acid groups (broad SMARTS) is 1. The predicted octanol–water partition coefficient (Wildman–Crippen LogP) is 2.01. The summed E-state index contributed by atoms with van der Waals surface area (Å²) in [6, 6.07) is 4.07. The quantitative estimate of drug-likeness (QED) is 0.913. The maximum atomic E-state index is 12.3. The van der Waals surface area contributed by atoms with Gasteiger partial charge in [0, 0.05) is 50.7 Å². The second-order valence-corrected chi connectivity index (χ2v) is 7.20. The first kappa shape index (κ1) is 16.7. The Hall–Kier alpha value is -2.11. The molecule has 3 rings (SSSR count). The van der Waals surface area contributed by atoms with Gasteiger partial charge in [0.05, 0.1) is 5.92 Å². The number of hydrogen-bond acceptors (Lipinski definition) is 4. The normalized spacial score (nSPS) is 21.0. The van der Waals surface area contributed by atoms with Crippen molar-refractivity contribution in [3.63, 3.8) is 0 Å². The Kier molecular flexibility index (Phi) is 4.73. The van der Waals surface area contributed by atoms with Crippen molar-refractivity contribution in [3.05, 3.63) is 24.5 Å². The van der Waals surface area contributed by atoms with Crippen LogP contribution in [0.4, 0.5) is 5.69 Å². The van der Waals surface area contributed by atoms with E-state index in [0.717, 1.165) is 45.4 Å². The molecular formula is C18H25N3O3. The van der Waals surface area contributed by atoms with Crippen molar-refractivity contribution in [3.8, 4) is 0 Å². The zero-order valence-corrected chi connectivity index (χ0v) is 14.1. The number of hydrogen-bond donors (Lipinski definition) is 1. The number of aliphatic carboxylic acids is 1. The van der Waals surface area contributed by atoms with E-state index in [-0.39, 0.29) is 17.7 Å². The van der Waals surface area contributed by atoms with Gasteiger partial charge in [-0.2, -0.15) is 0 Å². The smallest absolute Gasteiger partial charge is 0.306 e. The van der Waals surface area contributed by atoms with Crippen LogP contribution in [0.1, 0.15) is 32.6 Å². The maximum absolute atomic E-state index is 12.3. The molecule has 6 heteroatoms. The Morgan fingerprint density at radius 3 is 2.46 bits per heavy atom. The number of pyridine rings is 1. The SMILES string of the molecule is CC(CC(=O)N1CCC2(CCN(c3ccncc3)CC2)C1)C(=O)O. The highest BCUT2D eigenvalue weighted by molar-refractivity contribution is 5.82. The van der Waals surface area contributed by atoms with Gasteiger partial charge in [-0.15, -0.1) is 0 Å². The minimum absolute atomic E-state index is 0.0154. The largest absolute Gasteiger partial charge is 0.481 e. The minimum atomic E-state index is -0.900. The lowest BCUT2D eigenvalue weighted by Gasteiger charge is -2.40. The summed E-state index contributed by atoms with van der Waals surface area (Å²) in [6.07, 6.45) is 6.93.